The summed E-state index contributed by atoms with van der Waals surface area (Å²) in [5.41, 5.74) is 0.960. The zero-order valence-electron chi connectivity index (χ0n) is 14.9. The van der Waals surface area contributed by atoms with Gasteiger partial charge in [-0.2, -0.15) is 0 Å². The van der Waals surface area contributed by atoms with Gasteiger partial charge in [-0.3, -0.25) is 9.53 Å². The molecule has 1 atom stereocenters. The highest BCUT2D eigenvalue weighted by Gasteiger charge is 2.33. The SMILES string of the molecule is CC1(C)OC(=O)Nc2cc(OCCCCS(=O)c3ccccn3)ccc21. The van der Waals surface area contributed by atoms with Gasteiger partial charge in [-0.25, -0.2) is 9.78 Å². The van der Waals surface area contributed by atoms with Crippen molar-refractivity contribution in [2.75, 3.05) is 17.7 Å². The number of cyclic esters (lactones) is 1. The third-order valence-electron chi connectivity index (χ3n) is 4.09. The van der Waals surface area contributed by atoms with Crippen LogP contribution < -0.4 is 10.1 Å². The van der Waals surface area contributed by atoms with Crippen molar-refractivity contribution in [3.8, 4) is 5.75 Å². The second kappa shape index (κ2) is 7.86. The maximum absolute atomic E-state index is 12.1. The molecule has 0 spiro atoms. The van der Waals surface area contributed by atoms with Gasteiger partial charge in [0.15, 0.2) is 0 Å². The van der Waals surface area contributed by atoms with E-state index in [4.69, 9.17) is 9.47 Å². The van der Waals surface area contributed by atoms with Gasteiger partial charge in [0.2, 0.25) is 0 Å². The first kappa shape index (κ1) is 18.4. The van der Waals surface area contributed by atoms with Gasteiger partial charge in [0.05, 0.1) is 23.1 Å². The molecule has 1 aliphatic rings. The van der Waals surface area contributed by atoms with Crippen LogP contribution in [0, 0.1) is 0 Å². The Morgan fingerprint density at radius 3 is 2.85 bits per heavy atom. The van der Waals surface area contributed by atoms with Gasteiger partial charge in [-0.1, -0.05) is 6.07 Å². The summed E-state index contributed by atoms with van der Waals surface area (Å²) in [7, 11) is -1.07. The van der Waals surface area contributed by atoms with Crippen molar-refractivity contribution in [2.24, 2.45) is 0 Å². The monoisotopic (exact) mass is 374 g/mol. The number of rotatable bonds is 7. The number of nitrogens with one attached hydrogen (secondary N) is 1. The Hall–Kier alpha value is -2.41. The number of unbranched alkanes of at least 4 members (excludes halogenated alkanes) is 1. The summed E-state index contributed by atoms with van der Waals surface area (Å²) in [5.74, 6) is 1.25. The van der Waals surface area contributed by atoms with E-state index < -0.39 is 22.5 Å². The zero-order chi connectivity index (χ0) is 18.6. The lowest BCUT2D eigenvalue weighted by atomic mass is 9.95. The van der Waals surface area contributed by atoms with Crippen LogP contribution in [0.15, 0.2) is 47.6 Å². The van der Waals surface area contributed by atoms with Crippen molar-refractivity contribution in [1.82, 2.24) is 4.98 Å². The standard InChI is InChI=1S/C19H22N2O4S/c1-19(2)15-9-8-14(13-16(15)21-18(22)25-19)24-11-5-6-12-26(23)17-7-3-4-10-20-17/h3-4,7-10,13H,5-6,11-12H2,1-2H3,(H,21,22). The second-order valence-corrected chi connectivity index (χ2v) is 8.02. The van der Waals surface area contributed by atoms with Gasteiger partial charge in [-0.05, 0) is 51.0 Å². The normalized spacial score (nSPS) is 16.2. The maximum atomic E-state index is 12.1. The molecule has 1 aliphatic heterocycles. The summed E-state index contributed by atoms with van der Waals surface area (Å²) in [6.07, 6.45) is 2.76. The first-order chi connectivity index (χ1) is 12.5. The highest BCUT2D eigenvalue weighted by molar-refractivity contribution is 7.84. The lowest BCUT2D eigenvalue weighted by Crippen LogP contribution is -2.34. The fourth-order valence-electron chi connectivity index (χ4n) is 2.78. The van der Waals surface area contributed by atoms with Crippen LogP contribution in [0.4, 0.5) is 10.5 Å². The Kier molecular flexibility index (Phi) is 5.56. The summed E-state index contributed by atoms with van der Waals surface area (Å²) in [4.78, 5) is 15.7. The Morgan fingerprint density at radius 2 is 2.08 bits per heavy atom. The fourth-order valence-corrected chi connectivity index (χ4v) is 3.86. The minimum absolute atomic E-state index is 0.461. The number of anilines is 1. The molecule has 0 fully saturated rings. The Morgan fingerprint density at radius 1 is 1.23 bits per heavy atom. The molecule has 2 aromatic rings. The maximum Gasteiger partial charge on any atom is 0.412 e. The van der Waals surface area contributed by atoms with Gasteiger partial charge in [-0.15, -0.1) is 0 Å². The largest absolute Gasteiger partial charge is 0.494 e. The summed E-state index contributed by atoms with van der Waals surface area (Å²) < 4.78 is 23.1. The molecule has 0 saturated carbocycles. The third-order valence-corrected chi connectivity index (χ3v) is 5.46. The van der Waals surface area contributed by atoms with E-state index in [1.807, 2.05) is 44.2 Å². The molecule has 1 amide bonds. The molecule has 1 aromatic carbocycles. The molecule has 138 valence electrons. The molecular weight excluding hydrogens is 352 g/mol. The molecule has 2 heterocycles. The van der Waals surface area contributed by atoms with Crippen LogP contribution in [0.2, 0.25) is 0 Å². The highest BCUT2D eigenvalue weighted by Crippen LogP contribution is 2.37. The van der Waals surface area contributed by atoms with E-state index in [2.05, 4.69) is 10.3 Å². The van der Waals surface area contributed by atoms with Crippen molar-refractivity contribution in [2.45, 2.75) is 37.3 Å². The Balaban J connectivity index is 1.48. The minimum atomic E-state index is -1.07. The molecule has 6 nitrogen and oxygen atoms in total. The number of carbonyl (C=O) groups excluding carboxylic acids is 1. The van der Waals surface area contributed by atoms with E-state index in [9.17, 15) is 9.00 Å². The van der Waals surface area contributed by atoms with Crippen molar-refractivity contribution in [1.29, 1.82) is 0 Å². The first-order valence-electron chi connectivity index (χ1n) is 8.52. The number of fused-ring (bicyclic) bond motifs is 1. The molecule has 0 bridgehead atoms. The van der Waals surface area contributed by atoms with Gasteiger partial charge in [0, 0.05) is 23.6 Å². The number of carbonyl (C=O) groups is 1. The Labute approximate surface area is 155 Å². The number of nitrogens with zero attached hydrogens (tertiary/aromatic N) is 1. The van der Waals surface area contributed by atoms with E-state index in [1.165, 1.54) is 0 Å². The van der Waals surface area contributed by atoms with Gasteiger partial charge in [0.1, 0.15) is 16.4 Å². The molecule has 26 heavy (non-hydrogen) atoms. The third kappa shape index (κ3) is 4.40. The van der Waals surface area contributed by atoms with Crippen LogP contribution in [0.3, 0.4) is 0 Å². The number of pyridine rings is 1. The minimum Gasteiger partial charge on any atom is -0.494 e. The molecule has 1 aromatic heterocycles. The second-order valence-electron chi connectivity index (χ2n) is 6.51. The van der Waals surface area contributed by atoms with E-state index in [-0.39, 0.29) is 0 Å². The molecule has 0 aliphatic carbocycles. The Bertz CT molecular complexity index is 808. The lowest BCUT2D eigenvalue weighted by molar-refractivity contribution is 0.0420. The van der Waals surface area contributed by atoms with Crippen molar-refractivity contribution in [3.05, 3.63) is 48.2 Å². The van der Waals surface area contributed by atoms with Crippen LogP contribution in [0.5, 0.6) is 5.75 Å². The van der Waals surface area contributed by atoms with E-state index in [1.54, 1.807) is 12.3 Å². The first-order valence-corrected chi connectivity index (χ1v) is 9.84. The number of amides is 1. The van der Waals surface area contributed by atoms with Crippen LogP contribution in [-0.4, -0.2) is 27.6 Å². The number of aromatic nitrogens is 1. The smallest absolute Gasteiger partial charge is 0.412 e. The van der Waals surface area contributed by atoms with Crippen LogP contribution >= 0.6 is 0 Å². The van der Waals surface area contributed by atoms with E-state index in [0.717, 1.165) is 18.4 Å². The quantitative estimate of drug-likeness (QED) is 0.745. The number of ether oxygens (including phenoxy) is 2. The van der Waals surface area contributed by atoms with E-state index >= 15 is 0 Å². The molecule has 0 saturated heterocycles. The number of hydrogen-bond donors (Lipinski definition) is 1. The van der Waals surface area contributed by atoms with E-state index in [0.29, 0.717) is 28.8 Å². The van der Waals surface area contributed by atoms with Crippen LogP contribution in [-0.2, 0) is 21.1 Å². The van der Waals surface area contributed by atoms with Gasteiger partial charge in [0.25, 0.3) is 0 Å². The molecule has 3 rings (SSSR count). The number of hydrogen-bond acceptors (Lipinski definition) is 5. The molecule has 0 radical (unpaired) electrons. The highest BCUT2D eigenvalue weighted by atomic mass is 32.2. The molecular formula is C19H22N2O4S. The van der Waals surface area contributed by atoms with Crippen molar-refractivity contribution in [3.63, 3.8) is 0 Å². The van der Waals surface area contributed by atoms with Crippen LogP contribution in [0.25, 0.3) is 0 Å². The summed E-state index contributed by atoms with van der Waals surface area (Å²) in [6.45, 7) is 4.23. The van der Waals surface area contributed by atoms with Crippen molar-refractivity contribution >= 4 is 22.6 Å². The molecule has 1 N–H and O–H groups in total. The predicted octanol–water partition coefficient (Wildman–Crippen LogP) is 3.85. The van der Waals surface area contributed by atoms with Gasteiger partial charge >= 0.3 is 6.09 Å². The summed E-state index contributed by atoms with van der Waals surface area (Å²) in [6, 6.07) is 11.0. The molecule has 7 heteroatoms. The predicted molar refractivity (Wildman–Crippen MR) is 99.8 cm³/mol. The van der Waals surface area contributed by atoms with Gasteiger partial charge < -0.3 is 9.47 Å². The zero-order valence-corrected chi connectivity index (χ0v) is 15.7. The average Bonchev–Trinajstić information content (AvgIpc) is 2.61. The average molecular weight is 374 g/mol. The van der Waals surface area contributed by atoms with Crippen molar-refractivity contribution < 1.29 is 18.5 Å². The topological polar surface area (TPSA) is 77.5 Å². The summed E-state index contributed by atoms with van der Waals surface area (Å²) in [5, 5.41) is 3.32. The lowest BCUT2D eigenvalue weighted by Gasteiger charge is -2.32. The molecule has 1 unspecified atom stereocenters. The number of benzene rings is 1. The summed E-state index contributed by atoms with van der Waals surface area (Å²) >= 11 is 0. The fraction of sp³-hybridized carbons (Fsp3) is 0.368. The van der Waals surface area contributed by atoms with Crippen LogP contribution in [0.1, 0.15) is 32.3 Å².